The number of hydrogen-bond donors (Lipinski definition) is 2. The van der Waals surface area contributed by atoms with Gasteiger partial charge in [0.25, 0.3) is 0 Å². The molecule has 1 rings (SSSR count). The predicted octanol–water partition coefficient (Wildman–Crippen LogP) is 0.698. The van der Waals surface area contributed by atoms with Crippen LogP contribution in [-0.2, 0) is 9.53 Å². The van der Waals surface area contributed by atoms with Crippen LogP contribution in [0.1, 0.15) is 0 Å². The molecule has 8 nitrogen and oxygen atoms in total. The van der Waals surface area contributed by atoms with Gasteiger partial charge in [-0.15, -0.1) is 0 Å². The Labute approximate surface area is 110 Å². The molecule has 0 spiro atoms. The highest BCUT2D eigenvalue weighted by atomic mass is 79.9. The van der Waals surface area contributed by atoms with Crippen molar-refractivity contribution >= 4 is 33.4 Å². The van der Waals surface area contributed by atoms with E-state index in [9.17, 15) is 14.9 Å². The van der Waals surface area contributed by atoms with Gasteiger partial charge in [-0.25, -0.2) is 9.78 Å². The van der Waals surface area contributed by atoms with Gasteiger partial charge in [0.1, 0.15) is 6.04 Å². The highest BCUT2D eigenvalue weighted by molar-refractivity contribution is 9.10. The van der Waals surface area contributed by atoms with E-state index in [0.717, 1.165) is 7.11 Å². The lowest BCUT2D eigenvalue weighted by Gasteiger charge is -2.14. The number of esters is 1. The van der Waals surface area contributed by atoms with Crippen molar-refractivity contribution in [1.29, 1.82) is 0 Å². The summed E-state index contributed by atoms with van der Waals surface area (Å²) >= 11 is 3.05. The molecular formula is C9H10BrN3O5. The molecule has 1 atom stereocenters. The van der Waals surface area contributed by atoms with Crippen molar-refractivity contribution in [2.45, 2.75) is 6.04 Å². The highest BCUT2D eigenvalue weighted by Crippen LogP contribution is 2.25. The van der Waals surface area contributed by atoms with E-state index in [1.165, 1.54) is 12.3 Å². The van der Waals surface area contributed by atoms with Crippen LogP contribution in [0.5, 0.6) is 0 Å². The summed E-state index contributed by atoms with van der Waals surface area (Å²) in [6.45, 7) is -0.568. The molecule has 0 saturated carbocycles. The van der Waals surface area contributed by atoms with Crippen molar-refractivity contribution < 1.29 is 19.6 Å². The lowest BCUT2D eigenvalue weighted by molar-refractivity contribution is -0.384. The molecule has 1 aromatic rings. The zero-order chi connectivity index (χ0) is 13.7. The first kappa shape index (κ1) is 14.3. The molecule has 0 amide bonds. The Morgan fingerprint density at radius 1 is 1.78 bits per heavy atom. The third kappa shape index (κ3) is 3.37. The number of hydrogen-bond acceptors (Lipinski definition) is 7. The van der Waals surface area contributed by atoms with Crippen LogP contribution >= 0.6 is 15.9 Å². The van der Waals surface area contributed by atoms with E-state index in [2.05, 4.69) is 31.0 Å². The van der Waals surface area contributed by atoms with E-state index in [-0.39, 0.29) is 11.5 Å². The van der Waals surface area contributed by atoms with E-state index in [0.29, 0.717) is 4.47 Å². The second-order valence-corrected chi connectivity index (χ2v) is 4.10. The van der Waals surface area contributed by atoms with E-state index in [4.69, 9.17) is 5.11 Å². The number of nitro groups is 1. The number of aromatic nitrogens is 1. The minimum atomic E-state index is -1.11. The summed E-state index contributed by atoms with van der Waals surface area (Å²) in [6, 6.07) is 0.128. The zero-order valence-corrected chi connectivity index (χ0v) is 10.9. The van der Waals surface area contributed by atoms with Gasteiger partial charge in [0.05, 0.1) is 18.6 Å². The monoisotopic (exact) mass is 319 g/mol. The van der Waals surface area contributed by atoms with Gasteiger partial charge in [-0.1, -0.05) is 0 Å². The molecule has 18 heavy (non-hydrogen) atoms. The maximum Gasteiger partial charge on any atom is 0.330 e. The fourth-order valence-corrected chi connectivity index (χ4v) is 1.48. The molecule has 0 radical (unpaired) electrons. The van der Waals surface area contributed by atoms with Crippen molar-refractivity contribution in [2.24, 2.45) is 0 Å². The lowest BCUT2D eigenvalue weighted by atomic mass is 10.3. The number of rotatable bonds is 5. The van der Waals surface area contributed by atoms with Gasteiger partial charge in [-0.05, 0) is 15.9 Å². The van der Waals surface area contributed by atoms with E-state index in [1.54, 1.807) is 0 Å². The first-order chi connectivity index (χ1) is 8.49. The van der Waals surface area contributed by atoms with Crippen LogP contribution in [0.2, 0.25) is 0 Å². The summed E-state index contributed by atoms with van der Waals surface area (Å²) in [5.41, 5.74) is -0.313. The van der Waals surface area contributed by atoms with Crippen molar-refractivity contribution in [2.75, 3.05) is 19.0 Å². The van der Waals surface area contributed by atoms with Crippen LogP contribution in [0.4, 0.5) is 11.5 Å². The summed E-state index contributed by atoms with van der Waals surface area (Å²) in [7, 11) is 1.15. The number of pyridine rings is 1. The lowest BCUT2D eigenvalue weighted by Crippen LogP contribution is -2.34. The van der Waals surface area contributed by atoms with Crippen LogP contribution < -0.4 is 5.32 Å². The maximum atomic E-state index is 11.2. The number of halogens is 1. The molecule has 0 aromatic carbocycles. The van der Waals surface area contributed by atoms with E-state index >= 15 is 0 Å². The van der Waals surface area contributed by atoms with Crippen LogP contribution in [-0.4, -0.2) is 40.7 Å². The number of carbonyl (C=O) groups is 1. The molecular weight excluding hydrogens is 310 g/mol. The Hall–Kier alpha value is -1.74. The van der Waals surface area contributed by atoms with E-state index in [1.807, 2.05) is 0 Å². The first-order valence-electron chi connectivity index (χ1n) is 4.74. The summed E-state index contributed by atoms with van der Waals surface area (Å²) in [4.78, 5) is 25.2. The summed E-state index contributed by atoms with van der Waals surface area (Å²) in [5, 5.41) is 22.3. The van der Waals surface area contributed by atoms with Gasteiger partial charge < -0.3 is 15.2 Å². The average molecular weight is 320 g/mol. The Morgan fingerprint density at radius 3 is 2.94 bits per heavy atom. The standard InChI is InChI=1S/C9H10BrN3O5/c1-18-9(15)6(4-14)12-8-7(13(16)17)2-5(10)3-11-8/h2-3,6,14H,4H2,1H3,(H,11,12). The van der Waals surface area contributed by atoms with Crippen molar-refractivity contribution in [3.63, 3.8) is 0 Å². The number of aliphatic hydroxyl groups is 1. The number of anilines is 1. The summed E-state index contributed by atoms with van der Waals surface area (Å²) in [5.74, 6) is -0.857. The van der Waals surface area contributed by atoms with Gasteiger partial charge in [0.15, 0.2) is 0 Å². The maximum absolute atomic E-state index is 11.2. The number of nitrogens with one attached hydrogen (secondary N) is 1. The minimum Gasteiger partial charge on any atom is -0.467 e. The Morgan fingerprint density at radius 2 is 2.44 bits per heavy atom. The molecule has 0 saturated heterocycles. The van der Waals surface area contributed by atoms with Crippen LogP contribution in [0.3, 0.4) is 0 Å². The Balaban J connectivity index is 3.02. The first-order valence-corrected chi connectivity index (χ1v) is 5.54. The molecule has 0 aliphatic rings. The molecule has 1 aromatic heterocycles. The third-order valence-corrected chi connectivity index (χ3v) is 2.44. The van der Waals surface area contributed by atoms with Crippen LogP contribution in [0.25, 0.3) is 0 Å². The molecule has 1 heterocycles. The number of ether oxygens (including phenoxy) is 1. The van der Waals surface area contributed by atoms with Crippen molar-refractivity contribution in [3.8, 4) is 0 Å². The quantitative estimate of drug-likeness (QED) is 0.466. The van der Waals surface area contributed by atoms with Gasteiger partial charge in [-0.2, -0.15) is 0 Å². The SMILES string of the molecule is COC(=O)C(CO)Nc1ncc(Br)cc1[N+](=O)[O-]. The Bertz CT molecular complexity index is 468. The average Bonchev–Trinajstić information content (AvgIpc) is 2.36. The number of aliphatic hydroxyl groups excluding tert-OH is 1. The molecule has 0 bridgehead atoms. The molecule has 0 aliphatic carbocycles. The second-order valence-electron chi connectivity index (χ2n) is 3.18. The molecule has 2 N–H and O–H groups in total. The van der Waals surface area contributed by atoms with Gasteiger partial charge >= 0.3 is 11.7 Å². The van der Waals surface area contributed by atoms with Gasteiger partial charge in [-0.3, -0.25) is 10.1 Å². The largest absolute Gasteiger partial charge is 0.467 e. The van der Waals surface area contributed by atoms with Crippen LogP contribution in [0, 0.1) is 10.1 Å². The highest BCUT2D eigenvalue weighted by Gasteiger charge is 2.23. The summed E-state index contributed by atoms with van der Waals surface area (Å²) < 4.78 is 4.86. The van der Waals surface area contributed by atoms with Crippen molar-refractivity contribution in [1.82, 2.24) is 4.98 Å². The molecule has 0 fully saturated rings. The van der Waals surface area contributed by atoms with E-state index < -0.39 is 23.5 Å². The molecule has 1 unspecified atom stereocenters. The number of carbonyl (C=O) groups excluding carboxylic acids is 1. The topological polar surface area (TPSA) is 115 Å². The Kier molecular flexibility index (Phi) is 4.98. The summed E-state index contributed by atoms with van der Waals surface area (Å²) in [6.07, 6.45) is 1.33. The molecule has 9 heteroatoms. The zero-order valence-electron chi connectivity index (χ0n) is 9.29. The fourth-order valence-electron chi connectivity index (χ4n) is 1.17. The number of nitrogens with zero attached hydrogens (tertiary/aromatic N) is 2. The van der Waals surface area contributed by atoms with Gasteiger partial charge in [0.2, 0.25) is 5.82 Å². The fraction of sp³-hybridized carbons (Fsp3) is 0.333. The normalized spacial score (nSPS) is 11.7. The van der Waals surface area contributed by atoms with Crippen LogP contribution in [0.15, 0.2) is 16.7 Å². The molecule has 98 valence electrons. The predicted molar refractivity (Wildman–Crippen MR) is 65.1 cm³/mol. The minimum absolute atomic E-state index is 0.118. The van der Waals surface area contributed by atoms with Gasteiger partial charge in [0, 0.05) is 16.7 Å². The van der Waals surface area contributed by atoms with Crippen molar-refractivity contribution in [3.05, 3.63) is 26.9 Å². The number of methoxy groups -OCH3 is 1. The smallest absolute Gasteiger partial charge is 0.330 e. The second kappa shape index (κ2) is 6.26. The third-order valence-electron chi connectivity index (χ3n) is 2.01. The molecule has 0 aliphatic heterocycles.